The molecule has 1 fully saturated rings. The van der Waals surface area contributed by atoms with Crippen molar-refractivity contribution in [3.8, 4) is 5.75 Å². The fourth-order valence-corrected chi connectivity index (χ4v) is 2.10. The summed E-state index contributed by atoms with van der Waals surface area (Å²) in [6, 6.07) is 3.73. The molecule has 1 aliphatic rings. The lowest BCUT2D eigenvalue weighted by Crippen LogP contribution is -2.35. The van der Waals surface area contributed by atoms with Gasteiger partial charge in [0.25, 0.3) is 0 Å². The molecule has 0 aliphatic carbocycles. The molecule has 2 rings (SSSR count). The Hall–Kier alpha value is -1.16. The van der Waals surface area contributed by atoms with Crippen molar-refractivity contribution in [2.24, 2.45) is 0 Å². The number of hydrogen-bond donors (Lipinski definition) is 1. The van der Waals surface area contributed by atoms with Crippen LogP contribution in [0.1, 0.15) is 25.7 Å². The molecule has 0 saturated carbocycles. The third kappa shape index (κ3) is 3.97. The monoisotopic (exact) mass is 241 g/mol. The van der Waals surface area contributed by atoms with Gasteiger partial charge in [0, 0.05) is 24.2 Å². The molecule has 1 N–H and O–H groups in total. The summed E-state index contributed by atoms with van der Waals surface area (Å²) >= 11 is 0. The molecule has 1 atom stereocenters. The van der Waals surface area contributed by atoms with Crippen LogP contribution in [0, 0.1) is 11.6 Å². The van der Waals surface area contributed by atoms with Crippen molar-refractivity contribution in [1.29, 1.82) is 0 Å². The molecule has 1 aromatic carbocycles. The Balaban J connectivity index is 1.77. The van der Waals surface area contributed by atoms with Gasteiger partial charge in [0.15, 0.2) is 0 Å². The highest BCUT2D eigenvalue weighted by atomic mass is 19.1. The van der Waals surface area contributed by atoms with Crippen LogP contribution in [0.2, 0.25) is 0 Å². The maximum atomic E-state index is 12.9. The summed E-state index contributed by atoms with van der Waals surface area (Å²) < 4.78 is 31.1. The van der Waals surface area contributed by atoms with Crippen LogP contribution in [-0.4, -0.2) is 19.2 Å². The van der Waals surface area contributed by atoms with E-state index in [0.717, 1.165) is 25.5 Å². The van der Waals surface area contributed by atoms with Gasteiger partial charge >= 0.3 is 0 Å². The molecular formula is C13H17F2NO. The zero-order valence-electron chi connectivity index (χ0n) is 9.72. The highest BCUT2D eigenvalue weighted by Crippen LogP contribution is 2.16. The van der Waals surface area contributed by atoms with Gasteiger partial charge < -0.3 is 10.1 Å². The van der Waals surface area contributed by atoms with E-state index >= 15 is 0 Å². The Morgan fingerprint density at radius 3 is 2.59 bits per heavy atom. The van der Waals surface area contributed by atoms with E-state index in [4.69, 9.17) is 4.74 Å². The Morgan fingerprint density at radius 2 is 1.94 bits per heavy atom. The lowest BCUT2D eigenvalue weighted by molar-refractivity contribution is 0.266. The minimum Gasteiger partial charge on any atom is -0.493 e. The highest BCUT2D eigenvalue weighted by Gasteiger charge is 2.12. The Kier molecular flexibility index (Phi) is 4.31. The van der Waals surface area contributed by atoms with Gasteiger partial charge in [0.1, 0.15) is 17.4 Å². The molecule has 0 aromatic heterocycles. The van der Waals surface area contributed by atoms with Crippen LogP contribution in [0.5, 0.6) is 5.75 Å². The molecule has 1 heterocycles. The van der Waals surface area contributed by atoms with Gasteiger partial charge in [-0.1, -0.05) is 6.42 Å². The Labute approximate surface area is 100.0 Å². The van der Waals surface area contributed by atoms with Gasteiger partial charge in [-0.3, -0.25) is 0 Å². The number of nitrogens with one attached hydrogen (secondary N) is 1. The summed E-state index contributed by atoms with van der Waals surface area (Å²) in [6.45, 7) is 1.54. The van der Waals surface area contributed by atoms with E-state index in [9.17, 15) is 8.78 Å². The summed E-state index contributed by atoms with van der Waals surface area (Å²) in [6.07, 6.45) is 4.50. The normalized spacial score (nSPS) is 20.2. The molecule has 0 spiro atoms. The van der Waals surface area contributed by atoms with Crippen molar-refractivity contribution in [2.45, 2.75) is 31.7 Å². The molecule has 0 radical (unpaired) electrons. The van der Waals surface area contributed by atoms with Crippen LogP contribution in [-0.2, 0) is 0 Å². The van der Waals surface area contributed by atoms with Crippen LogP contribution >= 0.6 is 0 Å². The smallest absolute Gasteiger partial charge is 0.129 e. The third-order valence-corrected chi connectivity index (χ3v) is 2.98. The predicted octanol–water partition coefficient (Wildman–Crippen LogP) is 2.88. The maximum absolute atomic E-state index is 12.9. The molecule has 1 saturated heterocycles. The van der Waals surface area contributed by atoms with E-state index in [1.165, 1.54) is 25.0 Å². The fraction of sp³-hybridized carbons (Fsp3) is 0.538. The molecule has 1 unspecified atom stereocenters. The minimum atomic E-state index is -0.601. The van der Waals surface area contributed by atoms with Gasteiger partial charge in [-0.15, -0.1) is 0 Å². The molecule has 94 valence electrons. The largest absolute Gasteiger partial charge is 0.493 e. The van der Waals surface area contributed by atoms with Gasteiger partial charge in [0.05, 0.1) is 6.61 Å². The van der Waals surface area contributed by atoms with Crippen molar-refractivity contribution in [2.75, 3.05) is 13.2 Å². The van der Waals surface area contributed by atoms with Crippen molar-refractivity contribution in [3.05, 3.63) is 29.8 Å². The average Bonchev–Trinajstić information content (AvgIpc) is 2.29. The van der Waals surface area contributed by atoms with Gasteiger partial charge in [-0.2, -0.15) is 0 Å². The van der Waals surface area contributed by atoms with Crippen LogP contribution in [0.4, 0.5) is 8.78 Å². The predicted molar refractivity (Wildman–Crippen MR) is 62.1 cm³/mol. The summed E-state index contributed by atoms with van der Waals surface area (Å²) in [5, 5.41) is 3.40. The maximum Gasteiger partial charge on any atom is 0.129 e. The van der Waals surface area contributed by atoms with Crippen molar-refractivity contribution in [1.82, 2.24) is 5.32 Å². The van der Waals surface area contributed by atoms with Gasteiger partial charge in [0.2, 0.25) is 0 Å². The first-order valence-corrected chi connectivity index (χ1v) is 6.06. The molecule has 0 bridgehead atoms. The summed E-state index contributed by atoms with van der Waals surface area (Å²) in [5.74, 6) is -0.940. The Bertz CT molecular complexity index is 344. The second kappa shape index (κ2) is 5.96. The van der Waals surface area contributed by atoms with E-state index in [0.29, 0.717) is 12.6 Å². The lowest BCUT2D eigenvalue weighted by atomic mass is 10.0. The summed E-state index contributed by atoms with van der Waals surface area (Å²) in [4.78, 5) is 0. The summed E-state index contributed by atoms with van der Waals surface area (Å²) in [5.41, 5.74) is 0. The van der Waals surface area contributed by atoms with Crippen LogP contribution in [0.3, 0.4) is 0 Å². The van der Waals surface area contributed by atoms with Gasteiger partial charge in [-0.25, -0.2) is 8.78 Å². The lowest BCUT2D eigenvalue weighted by Gasteiger charge is -2.23. The number of benzene rings is 1. The number of ether oxygens (including phenoxy) is 1. The topological polar surface area (TPSA) is 21.3 Å². The molecule has 17 heavy (non-hydrogen) atoms. The number of piperidine rings is 1. The number of rotatable bonds is 4. The molecule has 1 aliphatic heterocycles. The van der Waals surface area contributed by atoms with Crippen molar-refractivity contribution in [3.63, 3.8) is 0 Å². The SMILES string of the molecule is Fc1cc(F)cc(OCCC2CCCCN2)c1. The van der Waals surface area contributed by atoms with E-state index in [1.54, 1.807) is 0 Å². The summed E-state index contributed by atoms with van der Waals surface area (Å²) in [7, 11) is 0. The van der Waals surface area contributed by atoms with Crippen LogP contribution < -0.4 is 10.1 Å². The second-order valence-electron chi connectivity index (χ2n) is 4.39. The van der Waals surface area contributed by atoms with Crippen molar-refractivity contribution >= 4 is 0 Å². The first-order chi connectivity index (χ1) is 8.24. The quantitative estimate of drug-likeness (QED) is 0.875. The Morgan fingerprint density at radius 1 is 1.18 bits per heavy atom. The number of hydrogen-bond acceptors (Lipinski definition) is 2. The first kappa shape index (κ1) is 12.3. The van der Waals surface area contributed by atoms with Crippen molar-refractivity contribution < 1.29 is 13.5 Å². The van der Waals surface area contributed by atoms with Crippen LogP contribution in [0.25, 0.3) is 0 Å². The zero-order chi connectivity index (χ0) is 12.1. The average molecular weight is 241 g/mol. The van der Waals surface area contributed by atoms with E-state index in [1.807, 2.05) is 0 Å². The highest BCUT2D eigenvalue weighted by molar-refractivity contribution is 5.23. The standard InChI is InChI=1S/C13H17F2NO/c14-10-7-11(15)9-13(8-10)17-6-4-12-3-1-2-5-16-12/h7-9,12,16H,1-6H2. The van der Waals surface area contributed by atoms with E-state index in [-0.39, 0.29) is 5.75 Å². The van der Waals surface area contributed by atoms with Gasteiger partial charge in [-0.05, 0) is 25.8 Å². The van der Waals surface area contributed by atoms with E-state index < -0.39 is 11.6 Å². The van der Waals surface area contributed by atoms with E-state index in [2.05, 4.69) is 5.32 Å². The second-order valence-corrected chi connectivity index (χ2v) is 4.39. The molecular weight excluding hydrogens is 224 g/mol. The zero-order valence-corrected chi connectivity index (χ0v) is 9.72. The molecule has 1 aromatic rings. The minimum absolute atomic E-state index is 0.262. The first-order valence-electron chi connectivity index (χ1n) is 6.06. The molecule has 0 amide bonds. The molecule has 2 nitrogen and oxygen atoms in total. The fourth-order valence-electron chi connectivity index (χ4n) is 2.10. The van der Waals surface area contributed by atoms with Crippen LogP contribution in [0.15, 0.2) is 18.2 Å². The third-order valence-electron chi connectivity index (χ3n) is 2.98. The molecule has 4 heteroatoms. The number of halogens is 2.